The van der Waals surface area contributed by atoms with Crippen molar-refractivity contribution in [3.05, 3.63) is 58.8 Å². The number of aromatic nitrogens is 2. The molecule has 4 rings (SSSR count). The fourth-order valence-corrected chi connectivity index (χ4v) is 4.03. The van der Waals surface area contributed by atoms with Crippen LogP contribution in [0.5, 0.6) is 17.2 Å². The number of benzene rings is 2. The molecule has 162 valence electrons. The second-order valence-electron chi connectivity index (χ2n) is 7.39. The Kier molecular flexibility index (Phi) is 5.56. The van der Waals surface area contributed by atoms with Gasteiger partial charge in [0, 0.05) is 24.8 Å². The molecule has 8 nitrogen and oxygen atoms in total. The van der Waals surface area contributed by atoms with Crippen molar-refractivity contribution in [1.82, 2.24) is 15.1 Å². The molecule has 2 heterocycles. The number of methoxy groups -OCH3 is 3. The van der Waals surface area contributed by atoms with Crippen molar-refractivity contribution in [1.29, 1.82) is 0 Å². The summed E-state index contributed by atoms with van der Waals surface area (Å²) in [5.74, 6) is 1.10. The van der Waals surface area contributed by atoms with E-state index in [0.717, 1.165) is 11.1 Å². The van der Waals surface area contributed by atoms with Crippen molar-refractivity contribution >= 4 is 5.91 Å². The largest absolute Gasteiger partial charge is 0.507 e. The number of nitrogens with zero attached hydrogens (tertiary/aromatic N) is 2. The average molecular weight is 423 g/mol. The van der Waals surface area contributed by atoms with Crippen molar-refractivity contribution in [3.8, 4) is 28.5 Å². The first-order chi connectivity index (χ1) is 15.0. The number of amides is 1. The summed E-state index contributed by atoms with van der Waals surface area (Å²) in [6.07, 6.45) is 0. The molecule has 1 aromatic heterocycles. The van der Waals surface area contributed by atoms with Gasteiger partial charge < -0.3 is 24.2 Å². The van der Waals surface area contributed by atoms with Crippen LogP contribution in [0.4, 0.5) is 0 Å². The molecule has 2 N–H and O–H groups in total. The highest BCUT2D eigenvalue weighted by Crippen LogP contribution is 2.45. The fourth-order valence-electron chi connectivity index (χ4n) is 4.03. The molecule has 8 heteroatoms. The monoisotopic (exact) mass is 423 g/mol. The van der Waals surface area contributed by atoms with Gasteiger partial charge in [-0.3, -0.25) is 9.89 Å². The zero-order valence-electron chi connectivity index (χ0n) is 17.9. The Morgan fingerprint density at radius 3 is 2.58 bits per heavy atom. The fraction of sp³-hybridized carbons (Fsp3) is 0.304. The Morgan fingerprint density at radius 2 is 1.87 bits per heavy atom. The number of hydrogen-bond acceptors (Lipinski definition) is 6. The molecule has 0 fully saturated rings. The Hall–Kier alpha value is -3.52. The van der Waals surface area contributed by atoms with Crippen LogP contribution in [-0.4, -0.2) is 60.6 Å². The van der Waals surface area contributed by atoms with Gasteiger partial charge >= 0.3 is 0 Å². The molecule has 1 aliphatic rings. The maximum atomic E-state index is 13.2. The van der Waals surface area contributed by atoms with Crippen molar-refractivity contribution in [2.24, 2.45) is 0 Å². The molecule has 0 radical (unpaired) electrons. The van der Waals surface area contributed by atoms with Gasteiger partial charge in [0.1, 0.15) is 17.1 Å². The summed E-state index contributed by atoms with van der Waals surface area (Å²) in [5.41, 5.74) is 4.07. The van der Waals surface area contributed by atoms with E-state index < -0.39 is 6.04 Å². The van der Waals surface area contributed by atoms with Gasteiger partial charge in [-0.15, -0.1) is 0 Å². The van der Waals surface area contributed by atoms with Crippen LogP contribution in [0.3, 0.4) is 0 Å². The number of fused-ring (bicyclic) bond motifs is 1. The van der Waals surface area contributed by atoms with E-state index in [9.17, 15) is 9.90 Å². The highest BCUT2D eigenvalue weighted by atomic mass is 16.5. The molecule has 0 bridgehead atoms. The van der Waals surface area contributed by atoms with E-state index in [4.69, 9.17) is 14.2 Å². The highest BCUT2D eigenvalue weighted by Gasteiger charge is 2.42. The van der Waals surface area contributed by atoms with Crippen LogP contribution in [0.25, 0.3) is 11.3 Å². The molecule has 2 aromatic carbocycles. The van der Waals surface area contributed by atoms with E-state index in [1.54, 1.807) is 32.3 Å². The average Bonchev–Trinajstić information content (AvgIpc) is 3.32. The van der Waals surface area contributed by atoms with Crippen LogP contribution in [0.2, 0.25) is 0 Å². The third kappa shape index (κ3) is 3.48. The first-order valence-corrected chi connectivity index (χ1v) is 9.90. The van der Waals surface area contributed by atoms with Gasteiger partial charge in [0.2, 0.25) is 0 Å². The SMILES string of the molecule is COCCN1C(=O)c2[nH]nc(-c3cc(C)ccc3O)c2[C@H]1c1ccc(OC)c(OC)c1. The van der Waals surface area contributed by atoms with E-state index in [2.05, 4.69) is 10.2 Å². The third-order valence-corrected chi connectivity index (χ3v) is 5.53. The normalized spacial score (nSPS) is 15.3. The number of nitrogens with one attached hydrogen (secondary N) is 1. The molecule has 3 aromatic rings. The lowest BCUT2D eigenvalue weighted by molar-refractivity contribution is 0.0677. The maximum absolute atomic E-state index is 13.2. The van der Waals surface area contributed by atoms with Crippen LogP contribution >= 0.6 is 0 Å². The Balaban J connectivity index is 1.90. The van der Waals surface area contributed by atoms with Crippen molar-refractivity contribution in [3.63, 3.8) is 0 Å². The lowest BCUT2D eigenvalue weighted by atomic mass is 9.95. The molecule has 0 spiro atoms. The minimum atomic E-state index is -0.425. The molecule has 0 saturated heterocycles. The number of carbonyl (C=O) groups is 1. The maximum Gasteiger partial charge on any atom is 0.273 e. The number of aryl methyl sites for hydroxylation is 1. The summed E-state index contributed by atoms with van der Waals surface area (Å²) in [5, 5.41) is 17.8. The number of H-pyrrole nitrogens is 1. The summed E-state index contributed by atoms with van der Waals surface area (Å²) in [4.78, 5) is 15.0. The van der Waals surface area contributed by atoms with Gasteiger partial charge in [0.05, 0.1) is 26.9 Å². The third-order valence-electron chi connectivity index (χ3n) is 5.53. The highest BCUT2D eigenvalue weighted by molar-refractivity contribution is 6.00. The number of aromatic amines is 1. The van der Waals surface area contributed by atoms with Crippen LogP contribution in [0.15, 0.2) is 36.4 Å². The number of hydrogen-bond donors (Lipinski definition) is 2. The first-order valence-electron chi connectivity index (χ1n) is 9.90. The molecule has 0 aliphatic carbocycles. The van der Waals surface area contributed by atoms with E-state index >= 15 is 0 Å². The quantitative estimate of drug-likeness (QED) is 0.605. The molecule has 1 amide bonds. The van der Waals surface area contributed by atoms with Gasteiger partial charge in [0.15, 0.2) is 11.5 Å². The van der Waals surface area contributed by atoms with Gasteiger partial charge in [-0.2, -0.15) is 5.10 Å². The summed E-state index contributed by atoms with van der Waals surface area (Å²) < 4.78 is 16.1. The Labute approximate surface area is 180 Å². The van der Waals surface area contributed by atoms with E-state index in [1.165, 1.54) is 0 Å². The van der Waals surface area contributed by atoms with E-state index in [0.29, 0.717) is 47.2 Å². The van der Waals surface area contributed by atoms with Crippen molar-refractivity contribution < 1.29 is 24.1 Å². The minimum Gasteiger partial charge on any atom is -0.507 e. The Bertz CT molecular complexity index is 1120. The Morgan fingerprint density at radius 1 is 1.10 bits per heavy atom. The molecular formula is C23H25N3O5. The standard InChI is InChI=1S/C23H25N3O5/c1-13-5-7-16(27)15(11-13)20-19-21(25-24-20)23(28)26(9-10-29-2)22(19)14-6-8-17(30-3)18(12-14)31-4/h5-8,11-12,22,27H,9-10H2,1-4H3,(H,24,25)/t22-/m1/s1. The molecule has 31 heavy (non-hydrogen) atoms. The number of ether oxygens (including phenoxy) is 3. The van der Waals surface area contributed by atoms with Gasteiger partial charge in [-0.1, -0.05) is 17.7 Å². The second-order valence-corrected chi connectivity index (χ2v) is 7.39. The molecule has 1 atom stereocenters. The minimum absolute atomic E-state index is 0.105. The predicted molar refractivity (Wildman–Crippen MR) is 115 cm³/mol. The van der Waals surface area contributed by atoms with Crippen molar-refractivity contribution in [2.45, 2.75) is 13.0 Å². The van der Waals surface area contributed by atoms with Gasteiger partial charge in [0.25, 0.3) is 5.91 Å². The number of phenols is 1. The molecule has 0 unspecified atom stereocenters. The number of carbonyl (C=O) groups excluding carboxylic acids is 1. The lowest BCUT2D eigenvalue weighted by Crippen LogP contribution is -2.32. The molecular weight excluding hydrogens is 398 g/mol. The summed E-state index contributed by atoms with van der Waals surface area (Å²) in [6, 6.07) is 10.5. The van der Waals surface area contributed by atoms with Crippen molar-refractivity contribution in [2.75, 3.05) is 34.5 Å². The topological polar surface area (TPSA) is 96.9 Å². The van der Waals surface area contributed by atoms with Crippen LogP contribution in [0, 0.1) is 6.92 Å². The molecule has 0 saturated carbocycles. The smallest absolute Gasteiger partial charge is 0.273 e. The lowest BCUT2D eigenvalue weighted by Gasteiger charge is -2.26. The zero-order valence-corrected chi connectivity index (χ0v) is 17.9. The van der Waals surface area contributed by atoms with Gasteiger partial charge in [-0.25, -0.2) is 0 Å². The summed E-state index contributed by atoms with van der Waals surface area (Å²) in [7, 11) is 4.75. The summed E-state index contributed by atoms with van der Waals surface area (Å²) >= 11 is 0. The second kappa shape index (κ2) is 8.31. The number of phenolic OH excluding ortho intramolecular Hbond substituents is 1. The predicted octanol–water partition coefficient (Wildman–Crippen LogP) is 3.30. The van der Waals surface area contributed by atoms with Gasteiger partial charge in [-0.05, 0) is 36.8 Å². The van der Waals surface area contributed by atoms with Crippen LogP contribution < -0.4 is 9.47 Å². The van der Waals surface area contributed by atoms with E-state index in [-0.39, 0.29) is 11.7 Å². The summed E-state index contributed by atoms with van der Waals surface area (Å²) in [6.45, 7) is 2.73. The van der Waals surface area contributed by atoms with Crippen LogP contribution in [-0.2, 0) is 4.74 Å². The number of aromatic hydroxyl groups is 1. The van der Waals surface area contributed by atoms with Crippen LogP contribution in [0.1, 0.15) is 33.2 Å². The first kappa shape index (κ1) is 20.7. The zero-order chi connectivity index (χ0) is 22.1. The van der Waals surface area contributed by atoms with E-state index in [1.807, 2.05) is 37.3 Å². The number of rotatable bonds is 7. The molecule has 1 aliphatic heterocycles.